The smallest absolute Gasteiger partial charge is 0.160 e. The van der Waals surface area contributed by atoms with Gasteiger partial charge >= 0.3 is 0 Å². The quantitative estimate of drug-likeness (QED) is 0.273. The Labute approximate surface area is 133 Å². The lowest BCUT2D eigenvalue weighted by atomic mass is 10.0. The first-order valence-corrected chi connectivity index (χ1v) is 9.40. The molecule has 128 valence electrons. The molecule has 21 heavy (non-hydrogen) atoms. The Hall–Kier alpha value is -0.120. The molecule has 0 aromatic heterocycles. The van der Waals surface area contributed by atoms with Crippen LogP contribution in [0.2, 0.25) is 0 Å². The van der Waals surface area contributed by atoms with Crippen LogP contribution < -0.4 is 10.6 Å². The minimum Gasteiger partial charge on any atom is -0.365 e. The minimum absolute atomic E-state index is 0.549. The molecule has 0 aliphatic carbocycles. The van der Waals surface area contributed by atoms with E-state index in [1.54, 1.807) is 7.05 Å². The van der Waals surface area contributed by atoms with Crippen molar-refractivity contribution < 1.29 is 5.11 Å². The van der Waals surface area contributed by atoms with E-state index in [1.165, 1.54) is 83.5 Å². The Morgan fingerprint density at radius 3 is 1.43 bits per heavy atom. The second-order valence-electron chi connectivity index (χ2n) is 6.24. The highest BCUT2D eigenvalue weighted by molar-refractivity contribution is 4.51. The van der Waals surface area contributed by atoms with E-state index in [-0.39, 0.29) is 0 Å². The third-order valence-corrected chi connectivity index (χ3v) is 4.14. The number of hydrogen-bond acceptors (Lipinski definition) is 3. The molecule has 0 aromatic rings. The first-order chi connectivity index (χ1) is 10.3. The van der Waals surface area contributed by atoms with Gasteiger partial charge in [-0.15, -0.1) is 0 Å². The zero-order valence-electron chi connectivity index (χ0n) is 14.6. The lowest BCUT2D eigenvalue weighted by molar-refractivity contribution is 0.110. The topological polar surface area (TPSA) is 44.3 Å². The van der Waals surface area contributed by atoms with Crippen molar-refractivity contribution in [2.45, 2.75) is 103 Å². The molecule has 3 N–H and O–H groups in total. The third kappa shape index (κ3) is 17.8. The molecule has 0 heterocycles. The zero-order valence-corrected chi connectivity index (χ0v) is 14.6. The Kier molecular flexibility index (Phi) is 17.8. The SMILES string of the molecule is CCCCCCCCCCCCCCCCNC(O)NC. The van der Waals surface area contributed by atoms with Crippen molar-refractivity contribution in [1.29, 1.82) is 0 Å². The monoisotopic (exact) mass is 300 g/mol. The summed E-state index contributed by atoms with van der Waals surface area (Å²) in [6.07, 6.45) is 18.9. The summed E-state index contributed by atoms with van der Waals surface area (Å²) in [5.41, 5.74) is 0. The molecule has 0 amide bonds. The lowest BCUT2D eigenvalue weighted by Crippen LogP contribution is -2.40. The fourth-order valence-electron chi connectivity index (χ4n) is 2.66. The molecule has 0 fully saturated rings. The Bertz CT molecular complexity index is 188. The maximum Gasteiger partial charge on any atom is 0.160 e. The Balaban J connectivity index is 2.96. The average Bonchev–Trinajstić information content (AvgIpc) is 2.50. The van der Waals surface area contributed by atoms with Crippen LogP contribution in [-0.4, -0.2) is 25.1 Å². The van der Waals surface area contributed by atoms with Gasteiger partial charge in [-0.2, -0.15) is 0 Å². The number of aliphatic hydroxyl groups is 1. The number of hydrogen-bond donors (Lipinski definition) is 3. The maximum absolute atomic E-state index is 9.24. The van der Waals surface area contributed by atoms with Gasteiger partial charge in [0, 0.05) is 0 Å². The van der Waals surface area contributed by atoms with Crippen LogP contribution in [0.25, 0.3) is 0 Å². The van der Waals surface area contributed by atoms with Crippen molar-refractivity contribution in [1.82, 2.24) is 10.6 Å². The van der Waals surface area contributed by atoms with E-state index >= 15 is 0 Å². The highest BCUT2D eigenvalue weighted by Gasteiger charge is 1.97. The third-order valence-electron chi connectivity index (χ3n) is 4.14. The van der Waals surface area contributed by atoms with E-state index in [2.05, 4.69) is 17.6 Å². The average molecular weight is 301 g/mol. The van der Waals surface area contributed by atoms with Gasteiger partial charge in [-0.1, -0.05) is 90.4 Å². The van der Waals surface area contributed by atoms with Crippen molar-refractivity contribution in [2.75, 3.05) is 13.6 Å². The molecule has 3 nitrogen and oxygen atoms in total. The van der Waals surface area contributed by atoms with Crippen LogP contribution in [0.15, 0.2) is 0 Å². The number of unbranched alkanes of at least 4 members (excludes halogenated alkanes) is 13. The number of nitrogens with one attached hydrogen (secondary N) is 2. The van der Waals surface area contributed by atoms with Crippen LogP contribution >= 0.6 is 0 Å². The van der Waals surface area contributed by atoms with Gasteiger partial charge in [-0.3, -0.25) is 10.6 Å². The van der Waals surface area contributed by atoms with E-state index in [0.29, 0.717) is 0 Å². The van der Waals surface area contributed by atoms with Crippen LogP contribution in [0.3, 0.4) is 0 Å². The molecule has 0 aromatic carbocycles. The maximum atomic E-state index is 9.24. The molecular weight excluding hydrogens is 260 g/mol. The first kappa shape index (κ1) is 20.9. The molecule has 0 bridgehead atoms. The number of aliphatic hydroxyl groups excluding tert-OH is 1. The van der Waals surface area contributed by atoms with Gasteiger partial charge in [0.2, 0.25) is 0 Å². The predicted molar refractivity (Wildman–Crippen MR) is 93.4 cm³/mol. The predicted octanol–water partition coefficient (Wildman–Crippen LogP) is 4.55. The molecule has 0 saturated heterocycles. The highest BCUT2D eigenvalue weighted by Crippen LogP contribution is 2.12. The van der Waals surface area contributed by atoms with Gasteiger partial charge in [0.25, 0.3) is 0 Å². The van der Waals surface area contributed by atoms with E-state index in [1.807, 2.05) is 0 Å². The highest BCUT2D eigenvalue weighted by atomic mass is 16.3. The van der Waals surface area contributed by atoms with E-state index in [0.717, 1.165) is 13.0 Å². The molecule has 0 aliphatic rings. The summed E-state index contributed by atoms with van der Waals surface area (Å²) in [5, 5.41) is 15.0. The van der Waals surface area contributed by atoms with Crippen LogP contribution in [0.4, 0.5) is 0 Å². The molecular formula is C18H40N2O. The second kappa shape index (κ2) is 17.9. The van der Waals surface area contributed by atoms with Gasteiger partial charge in [-0.05, 0) is 20.0 Å². The van der Waals surface area contributed by atoms with E-state index in [9.17, 15) is 5.11 Å². The normalized spacial score (nSPS) is 12.7. The molecule has 0 aliphatic heterocycles. The van der Waals surface area contributed by atoms with Gasteiger partial charge in [0.15, 0.2) is 6.35 Å². The standard InChI is InChI=1S/C18H40N2O/c1-3-4-5-6-7-8-9-10-11-12-13-14-15-16-17-20-18(21)19-2/h18-21H,3-17H2,1-2H3. The van der Waals surface area contributed by atoms with Gasteiger partial charge in [-0.25, -0.2) is 0 Å². The largest absolute Gasteiger partial charge is 0.365 e. The summed E-state index contributed by atoms with van der Waals surface area (Å²) in [5.74, 6) is 0. The Morgan fingerprint density at radius 1 is 0.667 bits per heavy atom. The molecule has 1 atom stereocenters. The van der Waals surface area contributed by atoms with Gasteiger partial charge in [0.05, 0.1) is 0 Å². The van der Waals surface area contributed by atoms with Gasteiger partial charge in [0.1, 0.15) is 0 Å². The fraction of sp³-hybridized carbons (Fsp3) is 1.00. The van der Waals surface area contributed by atoms with Gasteiger partial charge < -0.3 is 5.11 Å². The second-order valence-corrected chi connectivity index (χ2v) is 6.24. The lowest BCUT2D eigenvalue weighted by Gasteiger charge is -2.10. The van der Waals surface area contributed by atoms with Crippen molar-refractivity contribution >= 4 is 0 Å². The molecule has 0 rings (SSSR count). The fourth-order valence-corrected chi connectivity index (χ4v) is 2.66. The molecule has 0 spiro atoms. The summed E-state index contributed by atoms with van der Waals surface area (Å²) in [4.78, 5) is 0. The Morgan fingerprint density at radius 2 is 1.05 bits per heavy atom. The molecule has 3 heteroatoms. The molecule has 1 unspecified atom stereocenters. The summed E-state index contributed by atoms with van der Waals surface area (Å²) in [6.45, 7) is 3.18. The zero-order chi connectivity index (χ0) is 15.6. The summed E-state index contributed by atoms with van der Waals surface area (Å²) in [7, 11) is 1.75. The van der Waals surface area contributed by atoms with Crippen molar-refractivity contribution in [2.24, 2.45) is 0 Å². The van der Waals surface area contributed by atoms with Crippen LogP contribution in [0.5, 0.6) is 0 Å². The molecule has 0 radical (unpaired) electrons. The summed E-state index contributed by atoms with van der Waals surface area (Å²) in [6, 6.07) is 0. The van der Waals surface area contributed by atoms with Crippen molar-refractivity contribution in [3.8, 4) is 0 Å². The summed E-state index contributed by atoms with van der Waals surface area (Å²) >= 11 is 0. The van der Waals surface area contributed by atoms with E-state index < -0.39 is 6.35 Å². The van der Waals surface area contributed by atoms with Crippen molar-refractivity contribution in [3.63, 3.8) is 0 Å². The van der Waals surface area contributed by atoms with Crippen LogP contribution in [-0.2, 0) is 0 Å². The summed E-state index contributed by atoms with van der Waals surface area (Å²) < 4.78 is 0. The van der Waals surface area contributed by atoms with E-state index in [4.69, 9.17) is 0 Å². The molecule has 0 saturated carbocycles. The first-order valence-electron chi connectivity index (χ1n) is 9.40. The minimum atomic E-state index is -0.549. The number of rotatable bonds is 17. The van der Waals surface area contributed by atoms with Crippen LogP contribution in [0.1, 0.15) is 96.8 Å². The van der Waals surface area contributed by atoms with Crippen molar-refractivity contribution in [3.05, 3.63) is 0 Å². The van der Waals surface area contributed by atoms with Crippen LogP contribution in [0, 0.1) is 0 Å².